The number of hydrogen-bond donors (Lipinski definition) is 2. The lowest BCUT2D eigenvalue weighted by molar-refractivity contribution is 0.476. The van der Waals surface area contributed by atoms with Crippen molar-refractivity contribution in [1.82, 2.24) is 10.0 Å². The third-order valence-electron chi connectivity index (χ3n) is 3.72. The first-order valence-corrected chi connectivity index (χ1v) is 9.15. The highest BCUT2D eigenvalue weighted by Gasteiger charge is 2.22. The van der Waals surface area contributed by atoms with E-state index in [4.69, 9.17) is 0 Å². The molecule has 0 aliphatic heterocycles. The highest BCUT2D eigenvalue weighted by Crippen LogP contribution is 2.20. The molecular formula is C16H28N2O2S. The minimum absolute atomic E-state index is 0.0860. The molecule has 0 spiro atoms. The number of nitrogens with one attached hydrogen (secondary N) is 2. The Kier molecular flexibility index (Phi) is 6.84. The van der Waals surface area contributed by atoms with Crippen LogP contribution in [0.4, 0.5) is 0 Å². The molecule has 0 aromatic heterocycles. The summed E-state index contributed by atoms with van der Waals surface area (Å²) in [4.78, 5) is 0.410. The maximum absolute atomic E-state index is 12.6. The van der Waals surface area contributed by atoms with Gasteiger partial charge in [0.15, 0.2) is 0 Å². The lowest BCUT2D eigenvalue weighted by Gasteiger charge is -2.19. The van der Waals surface area contributed by atoms with Crippen molar-refractivity contribution in [2.24, 2.45) is 5.92 Å². The predicted octanol–water partition coefficient (Wildman–Crippen LogP) is 2.68. The molecule has 0 aliphatic rings. The van der Waals surface area contributed by atoms with Crippen molar-refractivity contribution in [1.29, 1.82) is 0 Å². The fourth-order valence-corrected chi connectivity index (χ4v) is 3.72. The molecule has 0 saturated heterocycles. The Bertz CT molecular complexity index is 553. The van der Waals surface area contributed by atoms with Crippen LogP contribution in [0.25, 0.3) is 0 Å². The largest absolute Gasteiger partial charge is 0.313 e. The van der Waals surface area contributed by atoms with Crippen LogP contribution >= 0.6 is 0 Å². The lowest BCUT2D eigenvalue weighted by atomic mass is 10.1. The predicted molar refractivity (Wildman–Crippen MR) is 87.8 cm³/mol. The van der Waals surface area contributed by atoms with E-state index in [0.717, 1.165) is 17.7 Å². The molecule has 5 heteroatoms. The number of sulfonamides is 1. The molecule has 0 bridgehead atoms. The van der Waals surface area contributed by atoms with Crippen molar-refractivity contribution in [3.05, 3.63) is 29.3 Å². The standard InChI is InChI=1S/C16H28N2O2S/c1-6-15-9-8-14(11-17-7-2)10-16(15)21(19,20)18-13(5)12(3)4/h8-10,12-13,17-18H,6-7,11H2,1-5H3. The summed E-state index contributed by atoms with van der Waals surface area (Å²) in [5.74, 6) is 0.259. The van der Waals surface area contributed by atoms with E-state index >= 15 is 0 Å². The van der Waals surface area contributed by atoms with E-state index in [1.807, 2.05) is 46.8 Å². The molecule has 21 heavy (non-hydrogen) atoms. The fraction of sp³-hybridized carbons (Fsp3) is 0.625. The van der Waals surface area contributed by atoms with Crippen molar-refractivity contribution in [3.8, 4) is 0 Å². The molecule has 0 saturated carbocycles. The fourth-order valence-electron chi connectivity index (χ4n) is 1.96. The summed E-state index contributed by atoms with van der Waals surface area (Å²) < 4.78 is 28.0. The monoisotopic (exact) mass is 312 g/mol. The van der Waals surface area contributed by atoms with E-state index in [2.05, 4.69) is 10.0 Å². The average molecular weight is 312 g/mol. The third kappa shape index (κ3) is 5.09. The van der Waals surface area contributed by atoms with Gasteiger partial charge in [-0.05, 0) is 43.0 Å². The maximum atomic E-state index is 12.6. The topological polar surface area (TPSA) is 58.2 Å². The normalized spacial score (nSPS) is 13.6. The van der Waals surface area contributed by atoms with E-state index in [-0.39, 0.29) is 12.0 Å². The summed E-state index contributed by atoms with van der Waals surface area (Å²) in [5.41, 5.74) is 1.85. The molecule has 1 aromatic rings. The first-order chi connectivity index (χ1) is 9.81. The van der Waals surface area contributed by atoms with E-state index in [9.17, 15) is 8.42 Å². The van der Waals surface area contributed by atoms with E-state index in [1.54, 1.807) is 6.07 Å². The van der Waals surface area contributed by atoms with Crippen molar-refractivity contribution in [2.75, 3.05) is 6.54 Å². The maximum Gasteiger partial charge on any atom is 0.241 e. The van der Waals surface area contributed by atoms with Gasteiger partial charge in [-0.1, -0.05) is 39.8 Å². The summed E-state index contributed by atoms with van der Waals surface area (Å²) in [7, 11) is -3.47. The number of aryl methyl sites for hydroxylation is 1. The van der Waals surface area contributed by atoms with Crippen LogP contribution in [0.2, 0.25) is 0 Å². The van der Waals surface area contributed by atoms with Gasteiger partial charge in [-0.15, -0.1) is 0 Å². The molecule has 0 fully saturated rings. The number of rotatable bonds is 8. The minimum Gasteiger partial charge on any atom is -0.313 e. The summed E-state index contributed by atoms with van der Waals surface area (Å²) in [5, 5.41) is 3.22. The summed E-state index contributed by atoms with van der Waals surface area (Å²) >= 11 is 0. The van der Waals surface area contributed by atoms with Crippen LogP contribution in [0.5, 0.6) is 0 Å². The van der Waals surface area contributed by atoms with Gasteiger partial charge >= 0.3 is 0 Å². The molecule has 1 rings (SSSR count). The Labute approximate surface area is 129 Å². The van der Waals surface area contributed by atoms with Crippen molar-refractivity contribution in [2.45, 2.75) is 58.5 Å². The summed E-state index contributed by atoms with van der Waals surface area (Å²) in [6.45, 7) is 11.5. The molecule has 4 nitrogen and oxygen atoms in total. The van der Waals surface area contributed by atoms with Gasteiger partial charge in [-0.25, -0.2) is 13.1 Å². The zero-order valence-electron chi connectivity index (χ0n) is 13.7. The van der Waals surface area contributed by atoms with Gasteiger partial charge in [0.1, 0.15) is 0 Å². The molecule has 120 valence electrons. The van der Waals surface area contributed by atoms with Crippen molar-refractivity contribution in [3.63, 3.8) is 0 Å². The van der Waals surface area contributed by atoms with Crippen LogP contribution in [0, 0.1) is 5.92 Å². The summed E-state index contributed by atoms with van der Waals surface area (Å²) in [6.07, 6.45) is 0.702. The van der Waals surface area contributed by atoms with Crippen LogP contribution in [0.3, 0.4) is 0 Å². The van der Waals surface area contributed by atoms with E-state index in [1.165, 1.54) is 0 Å². The first kappa shape index (κ1) is 18.1. The molecule has 0 radical (unpaired) electrons. The van der Waals surface area contributed by atoms with Gasteiger partial charge in [0.25, 0.3) is 0 Å². The minimum atomic E-state index is -3.47. The van der Waals surface area contributed by atoms with E-state index < -0.39 is 10.0 Å². The smallest absolute Gasteiger partial charge is 0.241 e. The van der Waals surface area contributed by atoms with Crippen molar-refractivity contribution >= 4 is 10.0 Å². The molecule has 0 heterocycles. The van der Waals surface area contributed by atoms with Crippen LogP contribution in [-0.4, -0.2) is 21.0 Å². The van der Waals surface area contributed by atoms with Gasteiger partial charge in [-0.2, -0.15) is 0 Å². The Hall–Kier alpha value is -0.910. The molecule has 1 unspecified atom stereocenters. The first-order valence-electron chi connectivity index (χ1n) is 7.66. The van der Waals surface area contributed by atoms with Crippen LogP contribution in [0.15, 0.2) is 23.1 Å². The van der Waals surface area contributed by atoms with Crippen LogP contribution in [-0.2, 0) is 23.0 Å². The summed E-state index contributed by atoms with van der Waals surface area (Å²) in [6, 6.07) is 5.61. The third-order valence-corrected chi connectivity index (χ3v) is 5.36. The van der Waals surface area contributed by atoms with Crippen molar-refractivity contribution < 1.29 is 8.42 Å². The van der Waals surface area contributed by atoms with Gasteiger partial charge in [0.2, 0.25) is 10.0 Å². The molecule has 0 amide bonds. The quantitative estimate of drug-likeness (QED) is 0.776. The second kappa shape index (κ2) is 7.92. The highest BCUT2D eigenvalue weighted by atomic mass is 32.2. The molecule has 1 aromatic carbocycles. The second-order valence-electron chi connectivity index (χ2n) is 5.73. The molecule has 0 aliphatic carbocycles. The van der Waals surface area contributed by atoms with Gasteiger partial charge in [0, 0.05) is 12.6 Å². The molecule has 1 atom stereocenters. The van der Waals surface area contributed by atoms with Crippen LogP contribution < -0.4 is 10.0 Å². The SMILES string of the molecule is CCNCc1ccc(CC)c(S(=O)(=O)NC(C)C(C)C)c1. The zero-order chi connectivity index (χ0) is 16.0. The average Bonchev–Trinajstić information content (AvgIpc) is 2.44. The second-order valence-corrected chi connectivity index (χ2v) is 7.41. The molecular weight excluding hydrogens is 284 g/mol. The zero-order valence-corrected chi connectivity index (χ0v) is 14.5. The van der Waals surface area contributed by atoms with Gasteiger partial charge in [-0.3, -0.25) is 0 Å². The van der Waals surface area contributed by atoms with Crippen LogP contribution in [0.1, 0.15) is 45.7 Å². The Morgan fingerprint density at radius 1 is 1.14 bits per heavy atom. The number of hydrogen-bond acceptors (Lipinski definition) is 3. The highest BCUT2D eigenvalue weighted by molar-refractivity contribution is 7.89. The van der Waals surface area contributed by atoms with E-state index in [0.29, 0.717) is 17.9 Å². The Morgan fingerprint density at radius 2 is 1.81 bits per heavy atom. The molecule has 2 N–H and O–H groups in total. The number of benzene rings is 1. The van der Waals surface area contributed by atoms with Gasteiger partial charge in [0.05, 0.1) is 4.90 Å². The Morgan fingerprint density at radius 3 is 2.33 bits per heavy atom. The van der Waals surface area contributed by atoms with Gasteiger partial charge < -0.3 is 5.32 Å². The Balaban J connectivity index is 3.12. The lowest BCUT2D eigenvalue weighted by Crippen LogP contribution is -2.36.